The fourth-order valence-corrected chi connectivity index (χ4v) is 0.741. The molecular weight excluding hydrogens is 170 g/mol. The van der Waals surface area contributed by atoms with E-state index in [0.717, 1.165) is 0 Å². The Morgan fingerprint density at radius 2 is 1.46 bits per heavy atom. The molecule has 0 amide bonds. The molecule has 2 aromatic rings. The lowest BCUT2D eigenvalue weighted by atomic mass is 10.5. The summed E-state index contributed by atoms with van der Waals surface area (Å²) in [6, 6.07) is 1.70. The van der Waals surface area contributed by atoms with E-state index in [-0.39, 0.29) is 11.8 Å². The van der Waals surface area contributed by atoms with Crippen LogP contribution in [0.4, 0.5) is 5.95 Å². The Morgan fingerprint density at radius 1 is 0.846 bits per heavy atom. The van der Waals surface area contributed by atoms with Crippen LogP contribution in [-0.4, -0.2) is 30.4 Å². The summed E-state index contributed by atoms with van der Waals surface area (Å²) in [5.74, 6) is 0.664. The minimum atomic E-state index is 0.0275. The lowest BCUT2D eigenvalue weighted by Gasteiger charge is -1.93. The second-order valence-electron chi connectivity index (χ2n) is 2.15. The van der Waals surface area contributed by atoms with Crippen molar-refractivity contribution in [1.82, 2.24) is 30.4 Å². The lowest BCUT2D eigenvalue weighted by molar-refractivity contribution is 0.866. The first-order valence-corrected chi connectivity index (χ1v) is 3.46. The predicted molar refractivity (Wildman–Crippen MR) is 43.1 cm³/mol. The van der Waals surface area contributed by atoms with Gasteiger partial charge in [0.2, 0.25) is 11.6 Å². The van der Waals surface area contributed by atoms with E-state index < -0.39 is 0 Å². The van der Waals surface area contributed by atoms with Crippen LogP contribution in [-0.2, 0) is 0 Å². The normalized spacial score (nSPS) is 9.85. The summed E-state index contributed by atoms with van der Waals surface area (Å²) in [6.07, 6.45) is 3.17. The maximum Gasteiger partial charge on any atom is 0.259 e. The van der Waals surface area contributed by atoms with Crippen LogP contribution in [0.15, 0.2) is 18.5 Å². The molecule has 0 atom stereocenters. The van der Waals surface area contributed by atoms with E-state index in [1.165, 1.54) is 0 Å². The lowest BCUT2D eigenvalue weighted by Crippen LogP contribution is -2.03. The van der Waals surface area contributed by atoms with E-state index in [2.05, 4.69) is 30.4 Å². The van der Waals surface area contributed by atoms with Gasteiger partial charge in [0.05, 0.1) is 0 Å². The topological polar surface area (TPSA) is 103 Å². The molecule has 7 nitrogen and oxygen atoms in total. The van der Waals surface area contributed by atoms with Crippen LogP contribution in [0.3, 0.4) is 0 Å². The molecule has 2 aromatic heterocycles. The Hall–Kier alpha value is -2.18. The number of hydrogen-bond donors (Lipinski definition) is 1. The predicted octanol–water partition coefficient (Wildman–Crippen LogP) is -0.694. The van der Waals surface area contributed by atoms with E-state index in [0.29, 0.717) is 5.82 Å². The molecule has 0 spiro atoms. The SMILES string of the molecule is Nc1nnc(-c2ncccn2)nn1. The summed E-state index contributed by atoms with van der Waals surface area (Å²) < 4.78 is 0. The van der Waals surface area contributed by atoms with Gasteiger partial charge < -0.3 is 5.73 Å². The molecule has 0 saturated carbocycles. The molecule has 13 heavy (non-hydrogen) atoms. The first kappa shape index (κ1) is 7.47. The zero-order valence-electron chi connectivity index (χ0n) is 6.49. The van der Waals surface area contributed by atoms with Gasteiger partial charge in [-0.1, -0.05) is 0 Å². The molecule has 2 heterocycles. The quantitative estimate of drug-likeness (QED) is 0.611. The average Bonchev–Trinajstić information content (AvgIpc) is 2.20. The van der Waals surface area contributed by atoms with Gasteiger partial charge in [0.1, 0.15) is 0 Å². The highest BCUT2D eigenvalue weighted by Crippen LogP contribution is 2.03. The van der Waals surface area contributed by atoms with Gasteiger partial charge in [-0.3, -0.25) is 0 Å². The molecule has 0 saturated heterocycles. The summed E-state index contributed by atoms with van der Waals surface area (Å²) in [6.45, 7) is 0. The van der Waals surface area contributed by atoms with Crippen LogP contribution in [0.1, 0.15) is 0 Å². The maximum absolute atomic E-state index is 5.22. The van der Waals surface area contributed by atoms with Crippen LogP contribution in [0.5, 0.6) is 0 Å². The van der Waals surface area contributed by atoms with Crippen molar-refractivity contribution in [3.63, 3.8) is 0 Å². The van der Waals surface area contributed by atoms with Gasteiger partial charge in [-0.05, 0) is 6.07 Å². The van der Waals surface area contributed by atoms with Crippen LogP contribution < -0.4 is 5.73 Å². The van der Waals surface area contributed by atoms with Crippen molar-refractivity contribution in [2.45, 2.75) is 0 Å². The molecular formula is C6H5N7. The molecule has 0 aromatic carbocycles. The number of aromatic nitrogens is 6. The summed E-state index contributed by atoms with van der Waals surface area (Å²) >= 11 is 0. The van der Waals surface area contributed by atoms with E-state index in [1.807, 2.05) is 0 Å². The second kappa shape index (κ2) is 3.05. The number of hydrogen-bond acceptors (Lipinski definition) is 7. The maximum atomic E-state index is 5.22. The van der Waals surface area contributed by atoms with E-state index in [4.69, 9.17) is 5.73 Å². The van der Waals surface area contributed by atoms with E-state index in [1.54, 1.807) is 18.5 Å². The summed E-state index contributed by atoms with van der Waals surface area (Å²) in [7, 11) is 0. The highest BCUT2D eigenvalue weighted by Gasteiger charge is 2.03. The number of rotatable bonds is 1. The fraction of sp³-hybridized carbons (Fsp3) is 0. The van der Waals surface area contributed by atoms with Crippen LogP contribution in [0, 0.1) is 0 Å². The Labute approximate surface area is 73.1 Å². The Bertz CT molecular complexity index is 383. The molecule has 0 bridgehead atoms. The van der Waals surface area contributed by atoms with Crippen molar-refractivity contribution in [2.75, 3.05) is 5.73 Å². The average molecular weight is 175 g/mol. The number of anilines is 1. The molecule has 2 rings (SSSR count). The molecule has 0 aliphatic rings. The highest BCUT2D eigenvalue weighted by atomic mass is 15.3. The van der Waals surface area contributed by atoms with Crippen molar-refractivity contribution in [2.24, 2.45) is 0 Å². The van der Waals surface area contributed by atoms with Crippen molar-refractivity contribution in [3.8, 4) is 11.6 Å². The zero-order chi connectivity index (χ0) is 9.10. The van der Waals surface area contributed by atoms with Gasteiger partial charge in [0, 0.05) is 12.4 Å². The fourth-order valence-electron chi connectivity index (χ4n) is 0.741. The first-order chi connectivity index (χ1) is 6.36. The Morgan fingerprint density at radius 3 is 2.08 bits per heavy atom. The van der Waals surface area contributed by atoms with Gasteiger partial charge in [-0.2, -0.15) is 0 Å². The molecule has 0 fully saturated rings. The second-order valence-corrected chi connectivity index (χ2v) is 2.15. The van der Waals surface area contributed by atoms with Crippen LogP contribution in [0.25, 0.3) is 11.6 Å². The largest absolute Gasteiger partial charge is 0.365 e. The third-order valence-corrected chi connectivity index (χ3v) is 1.26. The third-order valence-electron chi connectivity index (χ3n) is 1.26. The van der Waals surface area contributed by atoms with Crippen molar-refractivity contribution < 1.29 is 0 Å². The monoisotopic (exact) mass is 175 g/mol. The summed E-state index contributed by atoms with van der Waals surface area (Å²) in [5.41, 5.74) is 5.22. The van der Waals surface area contributed by atoms with E-state index >= 15 is 0 Å². The minimum Gasteiger partial charge on any atom is -0.365 e. The van der Waals surface area contributed by atoms with Gasteiger partial charge in [-0.15, -0.1) is 20.4 Å². The highest BCUT2D eigenvalue weighted by molar-refractivity contribution is 5.39. The van der Waals surface area contributed by atoms with Gasteiger partial charge in [-0.25, -0.2) is 9.97 Å². The van der Waals surface area contributed by atoms with Crippen molar-refractivity contribution >= 4 is 5.95 Å². The third kappa shape index (κ3) is 1.53. The van der Waals surface area contributed by atoms with Crippen molar-refractivity contribution in [3.05, 3.63) is 18.5 Å². The molecule has 0 aliphatic heterocycles. The number of nitrogens with zero attached hydrogens (tertiary/aromatic N) is 6. The molecule has 7 heteroatoms. The molecule has 0 unspecified atom stereocenters. The number of nitrogen functional groups attached to an aromatic ring is 1. The zero-order valence-corrected chi connectivity index (χ0v) is 6.49. The van der Waals surface area contributed by atoms with Crippen LogP contribution >= 0.6 is 0 Å². The molecule has 0 radical (unpaired) electrons. The minimum absolute atomic E-state index is 0.0275. The van der Waals surface area contributed by atoms with Crippen molar-refractivity contribution in [1.29, 1.82) is 0 Å². The van der Waals surface area contributed by atoms with Gasteiger partial charge in [0.25, 0.3) is 5.95 Å². The Kier molecular flexibility index (Phi) is 1.75. The number of nitrogens with two attached hydrogens (primary N) is 1. The molecule has 64 valence electrons. The standard InChI is InChI=1S/C6H5N7/c7-6-12-10-5(11-13-6)4-8-2-1-3-9-4/h1-3H,(H2,7,12,13). The van der Waals surface area contributed by atoms with Crippen LogP contribution in [0.2, 0.25) is 0 Å². The summed E-state index contributed by atoms with van der Waals surface area (Å²) in [4.78, 5) is 7.84. The molecule has 0 aliphatic carbocycles. The Balaban J connectivity index is 2.42. The summed E-state index contributed by atoms with van der Waals surface area (Å²) in [5, 5.41) is 14.4. The van der Waals surface area contributed by atoms with E-state index in [9.17, 15) is 0 Å². The smallest absolute Gasteiger partial charge is 0.259 e. The van der Waals surface area contributed by atoms with Gasteiger partial charge in [0.15, 0.2) is 0 Å². The van der Waals surface area contributed by atoms with Gasteiger partial charge >= 0.3 is 0 Å². The first-order valence-electron chi connectivity index (χ1n) is 3.46. The molecule has 2 N–H and O–H groups in total.